The number of carbonyl (C=O) groups is 1. The molecule has 0 radical (unpaired) electrons. The number of anilines is 1. The lowest BCUT2D eigenvalue weighted by molar-refractivity contribution is -0.121. The van der Waals surface area contributed by atoms with Crippen molar-refractivity contribution in [2.24, 2.45) is 5.92 Å². The number of rotatable bonds is 7. The van der Waals surface area contributed by atoms with Crippen molar-refractivity contribution in [3.63, 3.8) is 0 Å². The SMILES string of the molecule is CCCc1ccccc1NC(=O)C1CCN(Cc2nc3ccccc3n2-c2ccc(F)cc2)CC1. The molecule has 1 aromatic heterocycles. The number of nitrogens with one attached hydrogen (secondary N) is 1. The third kappa shape index (κ3) is 5.13. The third-order valence-corrected chi connectivity index (χ3v) is 6.83. The fourth-order valence-electron chi connectivity index (χ4n) is 4.98. The van der Waals surface area contributed by atoms with Crippen LogP contribution in [0, 0.1) is 11.7 Å². The first-order valence-electron chi connectivity index (χ1n) is 12.5. The summed E-state index contributed by atoms with van der Waals surface area (Å²) >= 11 is 0. The molecule has 5 rings (SSSR count). The van der Waals surface area contributed by atoms with E-state index >= 15 is 0 Å². The number of likely N-dealkylation sites (tertiary alicyclic amines) is 1. The molecular formula is C29H31FN4O. The van der Waals surface area contributed by atoms with E-state index in [1.807, 2.05) is 42.5 Å². The molecule has 4 aromatic rings. The molecule has 1 aliphatic heterocycles. The predicted molar refractivity (Wildman–Crippen MR) is 138 cm³/mol. The van der Waals surface area contributed by atoms with Crippen molar-refractivity contribution >= 4 is 22.6 Å². The van der Waals surface area contributed by atoms with Crippen LogP contribution < -0.4 is 5.32 Å². The maximum absolute atomic E-state index is 13.5. The number of hydrogen-bond donors (Lipinski definition) is 1. The summed E-state index contributed by atoms with van der Waals surface area (Å²) in [6.07, 6.45) is 3.65. The molecule has 35 heavy (non-hydrogen) atoms. The lowest BCUT2D eigenvalue weighted by Crippen LogP contribution is -2.38. The molecule has 0 atom stereocenters. The van der Waals surface area contributed by atoms with Gasteiger partial charge >= 0.3 is 0 Å². The van der Waals surface area contributed by atoms with E-state index in [0.29, 0.717) is 6.54 Å². The minimum Gasteiger partial charge on any atom is -0.326 e. The van der Waals surface area contributed by atoms with E-state index in [9.17, 15) is 9.18 Å². The summed E-state index contributed by atoms with van der Waals surface area (Å²) in [6, 6.07) is 22.7. The molecule has 0 bridgehead atoms. The maximum Gasteiger partial charge on any atom is 0.227 e. The maximum atomic E-state index is 13.5. The fourth-order valence-corrected chi connectivity index (χ4v) is 4.98. The lowest BCUT2D eigenvalue weighted by atomic mass is 9.95. The summed E-state index contributed by atoms with van der Waals surface area (Å²) in [7, 11) is 0. The largest absolute Gasteiger partial charge is 0.326 e. The lowest BCUT2D eigenvalue weighted by Gasteiger charge is -2.31. The Kier molecular flexibility index (Phi) is 6.91. The molecule has 1 N–H and O–H groups in total. The highest BCUT2D eigenvalue weighted by atomic mass is 19.1. The van der Waals surface area contributed by atoms with Crippen LogP contribution in [-0.4, -0.2) is 33.4 Å². The van der Waals surface area contributed by atoms with Gasteiger partial charge in [-0.2, -0.15) is 0 Å². The van der Waals surface area contributed by atoms with E-state index in [-0.39, 0.29) is 17.6 Å². The van der Waals surface area contributed by atoms with Crippen molar-refractivity contribution in [2.75, 3.05) is 18.4 Å². The third-order valence-electron chi connectivity index (χ3n) is 6.83. The molecule has 0 saturated carbocycles. The molecule has 1 fully saturated rings. The summed E-state index contributed by atoms with van der Waals surface area (Å²) in [5, 5.41) is 3.18. The molecule has 180 valence electrons. The van der Waals surface area contributed by atoms with Gasteiger partial charge in [-0.05, 0) is 80.4 Å². The van der Waals surface area contributed by atoms with Crippen LogP contribution in [0.4, 0.5) is 10.1 Å². The van der Waals surface area contributed by atoms with Crippen LogP contribution in [0.5, 0.6) is 0 Å². The first kappa shape index (κ1) is 23.2. The topological polar surface area (TPSA) is 50.2 Å². The standard InChI is InChI=1S/C29H31FN4O/c1-2-7-21-8-3-4-9-25(21)32-29(35)22-16-18-33(19-17-22)20-28-31-26-10-5-6-11-27(26)34(28)24-14-12-23(30)13-15-24/h3-6,8-15,22H,2,7,16-20H2,1H3,(H,32,35). The quantitative estimate of drug-likeness (QED) is 0.362. The van der Waals surface area contributed by atoms with E-state index in [2.05, 4.69) is 27.8 Å². The van der Waals surface area contributed by atoms with Crippen LogP contribution in [0.1, 0.15) is 37.6 Å². The number of fused-ring (bicyclic) bond motifs is 1. The van der Waals surface area contributed by atoms with Gasteiger partial charge in [0.1, 0.15) is 11.6 Å². The molecule has 1 aliphatic rings. The normalized spacial score (nSPS) is 14.9. The minimum atomic E-state index is -0.252. The molecule has 0 aliphatic carbocycles. The van der Waals surface area contributed by atoms with Crippen LogP contribution >= 0.6 is 0 Å². The molecular weight excluding hydrogens is 439 g/mol. The smallest absolute Gasteiger partial charge is 0.227 e. The monoisotopic (exact) mass is 470 g/mol. The van der Waals surface area contributed by atoms with E-state index in [0.717, 1.165) is 67.0 Å². The van der Waals surface area contributed by atoms with Gasteiger partial charge in [-0.1, -0.05) is 43.7 Å². The van der Waals surface area contributed by atoms with Crippen molar-refractivity contribution in [3.8, 4) is 5.69 Å². The summed E-state index contributed by atoms with van der Waals surface area (Å²) in [4.78, 5) is 20.2. The average Bonchev–Trinajstić information content (AvgIpc) is 3.24. The number of carbonyl (C=O) groups excluding carboxylic acids is 1. The van der Waals surface area contributed by atoms with Gasteiger partial charge in [-0.3, -0.25) is 14.3 Å². The van der Waals surface area contributed by atoms with Gasteiger partial charge in [0, 0.05) is 17.3 Å². The first-order chi connectivity index (χ1) is 17.1. The Morgan fingerprint density at radius 3 is 2.49 bits per heavy atom. The summed E-state index contributed by atoms with van der Waals surface area (Å²) in [6.45, 7) is 4.50. The number of aryl methyl sites for hydroxylation is 1. The number of para-hydroxylation sites is 3. The van der Waals surface area contributed by atoms with Gasteiger partial charge in [0.2, 0.25) is 5.91 Å². The number of nitrogens with zero attached hydrogens (tertiary/aromatic N) is 3. The Balaban J connectivity index is 1.27. The minimum absolute atomic E-state index is 0.0110. The molecule has 6 heteroatoms. The van der Waals surface area contributed by atoms with E-state index in [1.165, 1.54) is 17.7 Å². The van der Waals surface area contributed by atoms with Gasteiger partial charge in [0.25, 0.3) is 0 Å². The Morgan fingerprint density at radius 1 is 1.00 bits per heavy atom. The number of halogens is 1. The van der Waals surface area contributed by atoms with Crippen molar-refractivity contribution < 1.29 is 9.18 Å². The van der Waals surface area contributed by atoms with Crippen LogP contribution in [0.25, 0.3) is 16.7 Å². The van der Waals surface area contributed by atoms with Gasteiger partial charge in [0.15, 0.2) is 0 Å². The second kappa shape index (κ2) is 10.4. The van der Waals surface area contributed by atoms with E-state index in [1.54, 1.807) is 12.1 Å². The molecule has 1 saturated heterocycles. The summed E-state index contributed by atoms with van der Waals surface area (Å²) in [5.41, 5.74) is 4.96. The Morgan fingerprint density at radius 2 is 1.71 bits per heavy atom. The second-order valence-corrected chi connectivity index (χ2v) is 9.28. The highest BCUT2D eigenvalue weighted by molar-refractivity contribution is 5.93. The van der Waals surface area contributed by atoms with Gasteiger partial charge in [-0.25, -0.2) is 9.37 Å². The van der Waals surface area contributed by atoms with Crippen LogP contribution in [0.2, 0.25) is 0 Å². The van der Waals surface area contributed by atoms with Crippen molar-refractivity contribution in [2.45, 2.75) is 39.2 Å². The number of hydrogen-bond acceptors (Lipinski definition) is 3. The van der Waals surface area contributed by atoms with E-state index in [4.69, 9.17) is 4.98 Å². The molecule has 5 nitrogen and oxygen atoms in total. The van der Waals surface area contributed by atoms with Crippen LogP contribution in [-0.2, 0) is 17.8 Å². The van der Waals surface area contributed by atoms with Gasteiger partial charge in [-0.15, -0.1) is 0 Å². The number of amides is 1. The Hall–Kier alpha value is -3.51. The summed E-state index contributed by atoms with van der Waals surface area (Å²) in [5.74, 6) is 0.801. The highest BCUT2D eigenvalue weighted by Gasteiger charge is 2.26. The zero-order valence-corrected chi connectivity index (χ0v) is 20.1. The number of piperidine rings is 1. The Labute approximate surface area is 205 Å². The zero-order chi connectivity index (χ0) is 24.2. The number of imidazole rings is 1. The predicted octanol–water partition coefficient (Wildman–Crippen LogP) is 5.97. The van der Waals surface area contributed by atoms with Crippen LogP contribution in [0.3, 0.4) is 0 Å². The van der Waals surface area contributed by atoms with Gasteiger partial charge < -0.3 is 5.32 Å². The van der Waals surface area contributed by atoms with Crippen molar-refractivity contribution in [1.29, 1.82) is 0 Å². The first-order valence-corrected chi connectivity index (χ1v) is 12.5. The zero-order valence-electron chi connectivity index (χ0n) is 20.1. The number of aromatic nitrogens is 2. The number of benzene rings is 3. The fraction of sp³-hybridized carbons (Fsp3) is 0.310. The molecule has 2 heterocycles. The average molecular weight is 471 g/mol. The molecule has 1 amide bonds. The van der Waals surface area contributed by atoms with E-state index < -0.39 is 0 Å². The highest BCUT2D eigenvalue weighted by Crippen LogP contribution is 2.26. The Bertz CT molecular complexity index is 1310. The van der Waals surface area contributed by atoms with Crippen molar-refractivity contribution in [3.05, 3.63) is 90.0 Å². The van der Waals surface area contributed by atoms with Crippen LogP contribution in [0.15, 0.2) is 72.8 Å². The molecule has 3 aromatic carbocycles. The van der Waals surface area contributed by atoms with Gasteiger partial charge in [0.05, 0.1) is 17.6 Å². The summed E-state index contributed by atoms with van der Waals surface area (Å²) < 4.78 is 15.7. The second-order valence-electron chi connectivity index (χ2n) is 9.28. The van der Waals surface area contributed by atoms with Crippen molar-refractivity contribution in [1.82, 2.24) is 14.5 Å². The molecule has 0 spiro atoms. The molecule has 0 unspecified atom stereocenters.